The number of carbonyl (C=O) groups is 2. The van der Waals surface area contributed by atoms with E-state index in [9.17, 15) is 19.0 Å². The number of hydrogen-bond acceptors (Lipinski definition) is 7. The van der Waals surface area contributed by atoms with Crippen LogP contribution in [0.3, 0.4) is 0 Å². The second kappa shape index (κ2) is 34.7. The van der Waals surface area contributed by atoms with E-state index in [0.29, 0.717) is 23.9 Å². The molecule has 0 aliphatic rings. The zero-order valence-electron chi connectivity index (χ0n) is 33.8. The van der Waals surface area contributed by atoms with Crippen LogP contribution in [-0.4, -0.2) is 74.9 Å². The molecule has 302 valence electrons. The fourth-order valence-corrected chi connectivity index (χ4v) is 6.00. The number of hydrogen-bond donors (Lipinski definition) is 1. The highest BCUT2D eigenvalue weighted by atomic mass is 31.2. The van der Waals surface area contributed by atoms with E-state index in [1.54, 1.807) is 0 Å². The monoisotopic (exact) mass is 755 g/mol. The van der Waals surface area contributed by atoms with E-state index < -0.39 is 32.5 Å². The molecule has 0 saturated heterocycles. The largest absolute Gasteiger partial charge is 0.472 e. The Labute approximate surface area is 318 Å². The molecule has 0 aliphatic heterocycles. The van der Waals surface area contributed by atoms with Crippen LogP contribution in [0.5, 0.6) is 0 Å². The SMILES string of the molecule is CC\C=C/C=C/C=C/C=C\CCCCCCCC(=O)OC[C@H](COP(=O)(O)OCC[N+](C)(C)C)OC(=O)CCCCCCCCCCCCCCC. The Balaban J connectivity index is 4.44. The molecule has 52 heavy (non-hydrogen) atoms. The van der Waals surface area contributed by atoms with Crippen molar-refractivity contribution in [2.75, 3.05) is 47.5 Å². The molecular weight excluding hydrogens is 677 g/mol. The van der Waals surface area contributed by atoms with E-state index >= 15 is 0 Å². The van der Waals surface area contributed by atoms with E-state index in [1.165, 1.54) is 64.2 Å². The summed E-state index contributed by atoms with van der Waals surface area (Å²) < 4.78 is 34.2. The fraction of sp³-hybridized carbons (Fsp3) is 0.762. The first-order valence-corrected chi connectivity index (χ1v) is 21.9. The van der Waals surface area contributed by atoms with Gasteiger partial charge in [0, 0.05) is 12.8 Å². The van der Waals surface area contributed by atoms with Crippen LogP contribution in [-0.2, 0) is 32.7 Å². The van der Waals surface area contributed by atoms with Gasteiger partial charge in [-0.2, -0.15) is 0 Å². The lowest BCUT2D eigenvalue weighted by Crippen LogP contribution is -2.37. The van der Waals surface area contributed by atoms with Crippen molar-refractivity contribution < 1.29 is 42.1 Å². The van der Waals surface area contributed by atoms with Crippen LogP contribution in [0.25, 0.3) is 0 Å². The highest BCUT2D eigenvalue weighted by Crippen LogP contribution is 2.43. The minimum atomic E-state index is -4.37. The number of ether oxygens (including phenoxy) is 2. The summed E-state index contributed by atoms with van der Waals surface area (Å²) in [6.45, 7) is 4.24. The molecule has 0 aromatic heterocycles. The molecule has 0 radical (unpaired) electrons. The fourth-order valence-electron chi connectivity index (χ4n) is 5.26. The first-order valence-electron chi connectivity index (χ1n) is 20.4. The van der Waals surface area contributed by atoms with Gasteiger partial charge in [0.15, 0.2) is 6.10 Å². The summed E-state index contributed by atoms with van der Waals surface area (Å²) >= 11 is 0. The van der Waals surface area contributed by atoms with Gasteiger partial charge in [0.25, 0.3) is 0 Å². The molecule has 0 saturated carbocycles. The molecule has 9 nitrogen and oxygen atoms in total. The van der Waals surface area contributed by atoms with E-state index in [2.05, 4.69) is 32.1 Å². The third-order valence-corrected chi connectivity index (χ3v) is 9.45. The van der Waals surface area contributed by atoms with E-state index in [0.717, 1.165) is 51.4 Å². The number of nitrogens with zero attached hydrogens (tertiary/aromatic N) is 1. The highest BCUT2D eigenvalue weighted by Gasteiger charge is 2.27. The van der Waals surface area contributed by atoms with E-state index in [-0.39, 0.29) is 26.1 Å². The number of quaternary nitrogens is 1. The third-order valence-electron chi connectivity index (χ3n) is 8.47. The van der Waals surface area contributed by atoms with Crippen molar-refractivity contribution in [3.8, 4) is 0 Å². The van der Waals surface area contributed by atoms with Crippen molar-refractivity contribution in [1.29, 1.82) is 0 Å². The summed E-state index contributed by atoms with van der Waals surface area (Å²) in [4.78, 5) is 35.2. The molecule has 2 atom stereocenters. The summed E-state index contributed by atoms with van der Waals surface area (Å²) in [6.07, 6.45) is 38.7. The van der Waals surface area contributed by atoms with Gasteiger partial charge in [-0.3, -0.25) is 18.6 Å². The molecular formula is C42H77NO8P+. The number of rotatable bonds is 36. The normalized spacial score (nSPS) is 14.2. The molecule has 0 aliphatic carbocycles. The van der Waals surface area contributed by atoms with Gasteiger partial charge in [-0.1, -0.05) is 159 Å². The maximum atomic E-state index is 12.6. The van der Waals surface area contributed by atoms with Crippen LogP contribution in [0.1, 0.15) is 155 Å². The number of unbranched alkanes of at least 4 members (excludes halogenated alkanes) is 17. The van der Waals surface area contributed by atoms with Gasteiger partial charge in [-0.05, 0) is 32.1 Å². The van der Waals surface area contributed by atoms with Crippen molar-refractivity contribution in [1.82, 2.24) is 0 Å². The molecule has 1 unspecified atom stereocenters. The van der Waals surface area contributed by atoms with Crippen LogP contribution < -0.4 is 0 Å². The zero-order chi connectivity index (χ0) is 38.6. The van der Waals surface area contributed by atoms with Gasteiger partial charge in [0.1, 0.15) is 19.8 Å². The quantitative estimate of drug-likeness (QED) is 0.0221. The Morgan fingerprint density at radius 1 is 0.615 bits per heavy atom. The molecule has 0 aromatic carbocycles. The Morgan fingerprint density at radius 3 is 1.63 bits per heavy atom. The first-order chi connectivity index (χ1) is 25.0. The lowest BCUT2D eigenvalue weighted by Gasteiger charge is -2.24. The maximum Gasteiger partial charge on any atom is 0.472 e. The van der Waals surface area contributed by atoms with Gasteiger partial charge in [0.2, 0.25) is 0 Å². The molecule has 0 amide bonds. The summed E-state index contributed by atoms with van der Waals surface area (Å²) in [6, 6.07) is 0. The van der Waals surface area contributed by atoms with Crippen molar-refractivity contribution in [2.24, 2.45) is 0 Å². The van der Waals surface area contributed by atoms with Gasteiger partial charge in [-0.25, -0.2) is 4.57 Å². The summed E-state index contributed by atoms with van der Waals surface area (Å²) in [5.41, 5.74) is 0. The standard InChI is InChI=1S/C42H76NO8P/c1-6-8-10-12-14-16-18-20-21-23-24-26-28-30-32-34-41(44)48-38-40(39-50-52(46,47)49-37-36-43(3,4)5)51-42(45)35-33-31-29-27-25-22-19-17-15-13-11-9-7-2/h8,10,12,14,16,18,20-21,40H,6-7,9,11,13,15,17,19,22-39H2,1-5H3/p+1/b10-8-,14-12+,18-16+,21-20-/t40-/m1/s1. The number of allylic oxidation sites excluding steroid dienone is 8. The number of esters is 2. The van der Waals surface area contributed by atoms with Crippen molar-refractivity contribution in [2.45, 2.75) is 161 Å². The highest BCUT2D eigenvalue weighted by molar-refractivity contribution is 7.47. The van der Waals surface area contributed by atoms with Gasteiger partial charge in [-0.15, -0.1) is 0 Å². The average molecular weight is 755 g/mol. The molecule has 0 rings (SSSR count). The van der Waals surface area contributed by atoms with Crippen LogP contribution in [0, 0.1) is 0 Å². The third kappa shape index (κ3) is 37.7. The zero-order valence-corrected chi connectivity index (χ0v) is 34.7. The summed E-state index contributed by atoms with van der Waals surface area (Å²) in [5, 5.41) is 0. The second-order valence-electron chi connectivity index (χ2n) is 14.7. The molecule has 1 N–H and O–H groups in total. The van der Waals surface area contributed by atoms with Crippen LogP contribution in [0.2, 0.25) is 0 Å². The Kier molecular flexibility index (Phi) is 33.4. The lowest BCUT2D eigenvalue weighted by molar-refractivity contribution is -0.870. The Morgan fingerprint density at radius 2 is 1.10 bits per heavy atom. The first kappa shape index (κ1) is 50.0. The minimum absolute atomic E-state index is 0.0268. The molecule has 0 bridgehead atoms. The van der Waals surface area contributed by atoms with Crippen LogP contribution in [0.15, 0.2) is 48.6 Å². The second-order valence-corrected chi connectivity index (χ2v) is 16.2. The minimum Gasteiger partial charge on any atom is -0.462 e. The molecule has 0 spiro atoms. The predicted octanol–water partition coefficient (Wildman–Crippen LogP) is 11.1. The number of likely N-dealkylation sites (N-methyl/N-ethyl adjacent to an activating group) is 1. The summed E-state index contributed by atoms with van der Waals surface area (Å²) in [7, 11) is 1.46. The molecule has 0 fully saturated rings. The lowest BCUT2D eigenvalue weighted by atomic mass is 10.0. The number of phosphoric acid groups is 1. The Bertz CT molecular complexity index is 1030. The van der Waals surface area contributed by atoms with E-state index in [1.807, 2.05) is 51.5 Å². The van der Waals surface area contributed by atoms with Crippen LogP contribution in [0.4, 0.5) is 0 Å². The topological polar surface area (TPSA) is 108 Å². The average Bonchev–Trinajstić information content (AvgIpc) is 3.09. The number of carbonyl (C=O) groups excluding carboxylic acids is 2. The van der Waals surface area contributed by atoms with Crippen molar-refractivity contribution >= 4 is 19.8 Å². The smallest absolute Gasteiger partial charge is 0.462 e. The molecule has 10 heteroatoms. The van der Waals surface area contributed by atoms with Crippen molar-refractivity contribution in [3.63, 3.8) is 0 Å². The van der Waals surface area contributed by atoms with Gasteiger partial charge in [0.05, 0.1) is 27.7 Å². The summed E-state index contributed by atoms with van der Waals surface area (Å²) in [5.74, 6) is -0.827. The molecule has 0 aromatic rings. The molecule has 0 heterocycles. The van der Waals surface area contributed by atoms with E-state index in [4.69, 9.17) is 18.5 Å². The predicted molar refractivity (Wildman–Crippen MR) is 215 cm³/mol. The van der Waals surface area contributed by atoms with Crippen LogP contribution >= 0.6 is 7.82 Å². The van der Waals surface area contributed by atoms with Gasteiger partial charge >= 0.3 is 19.8 Å². The number of phosphoric ester groups is 1. The Hall–Kier alpha value is -2.03. The van der Waals surface area contributed by atoms with Gasteiger partial charge < -0.3 is 18.9 Å². The maximum absolute atomic E-state index is 12.6. The van der Waals surface area contributed by atoms with Crippen molar-refractivity contribution in [3.05, 3.63) is 48.6 Å².